The minimum Gasteiger partial charge on any atom is -0.0622 e. The van der Waals surface area contributed by atoms with Gasteiger partial charge in [-0.15, -0.1) is 0 Å². The molecule has 0 radical (unpaired) electrons. The Hall–Kier alpha value is -2.67. The topological polar surface area (TPSA) is 0 Å². The van der Waals surface area contributed by atoms with Crippen LogP contribution >= 0.6 is 0 Å². The molecule has 0 saturated carbocycles. The van der Waals surface area contributed by atoms with E-state index < -0.39 is 0 Å². The first-order chi connectivity index (χ1) is 14.8. The van der Waals surface area contributed by atoms with Crippen molar-refractivity contribution in [3.8, 4) is 11.1 Å². The molecule has 0 heterocycles. The standard InChI is InChI=1S/C15H11.C14H14.Ti/c1-2-6-12(7-3-1)14-10-4-8-13-9-5-11-15(13)14;1-3-7-13(8-4-1)11-12-14-9-5-2-6-10-14;/h1-11H;1-10H,11-12H2;. The number of hydrogen-bond donors (Lipinski definition) is 0. The summed E-state index contributed by atoms with van der Waals surface area (Å²) in [5.74, 6) is 0. The van der Waals surface area contributed by atoms with Crippen LogP contribution in [0.25, 0.3) is 17.2 Å². The number of fused-ring (bicyclic) bond motifs is 1. The normalized spacial score (nSPS) is 13.9. The Kier molecular flexibility index (Phi) is 7.13. The largest absolute Gasteiger partial charge is 0.0622 e. The van der Waals surface area contributed by atoms with Crippen LogP contribution in [0, 0.1) is 0 Å². The quantitative estimate of drug-likeness (QED) is 0.301. The Balaban J connectivity index is 0.000000147. The van der Waals surface area contributed by atoms with Crippen LogP contribution in [0.2, 0.25) is 0 Å². The van der Waals surface area contributed by atoms with Crippen LogP contribution in [0.1, 0.15) is 26.5 Å². The molecule has 0 N–H and O–H groups in total. The first-order valence-electron chi connectivity index (χ1n) is 10.5. The van der Waals surface area contributed by atoms with E-state index in [0.717, 1.165) is 12.8 Å². The van der Waals surface area contributed by atoms with Gasteiger partial charge in [0.1, 0.15) is 0 Å². The molecule has 0 saturated heterocycles. The number of allylic oxidation sites excluding steroid dienone is 1. The zero-order valence-corrected chi connectivity index (χ0v) is 18.6. The monoisotopic (exact) mass is 421 g/mol. The first-order valence-corrected chi connectivity index (χ1v) is 11.4. The van der Waals surface area contributed by atoms with Gasteiger partial charge in [-0.25, -0.2) is 0 Å². The Morgan fingerprint density at radius 3 is 1.67 bits per heavy atom. The van der Waals surface area contributed by atoms with Crippen molar-refractivity contribution in [2.75, 3.05) is 0 Å². The predicted octanol–water partition coefficient (Wildman–Crippen LogP) is 7.44. The number of benzene rings is 4. The van der Waals surface area contributed by atoms with Crippen molar-refractivity contribution >= 4 is 6.08 Å². The van der Waals surface area contributed by atoms with Crippen molar-refractivity contribution in [3.05, 3.63) is 138 Å². The Labute approximate surface area is 191 Å². The molecule has 4 aromatic rings. The summed E-state index contributed by atoms with van der Waals surface area (Å²) < 4.78 is 0.554. The molecular formula is C29H25Ti. The molecule has 0 spiro atoms. The minimum atomic E-state index is 0.554. The number of hydrogen-bond acceptors (Lipinski definition) is 0. The van der Waals surface area contributed by atoms with Gasteiger partial charge in [0.25, 0.3) is 0 Å². The van der Waals surface area contributed by atoms with Gasteiger partial charge >= 0.3 is 108 Å². The molecule has 1 heteroatoms. The Morgan fingerprint density at radius 1 is 0.567 bits per heavy atom. The maximum Gasteiger partial charge on any atom is -0.0238 e. The third-order valence-corrected chi connectivity index (χ3v) is 6.19. The van der Waals surface area contributed by atoms with Gasteiger partial charge in [0.15, 0.2) is 0 Å². The van der Waals surface area contributed by atoms with Crippen LogP contribution in [0.15, 0.2) is 115 Å². The molecule has 30 heavy (non-hydrogen) atoms. The van der Waals surface area contributed by atoms with Crippen LogP contribution in [0.4, 0.5) is 0 Å². The molecule has 5 rings (SSSR count). The summed E-state index contributed by atoms with van der Waals surface area (Å²) in [4.78, 5) is 0. The van der Waals surface area contributed by atoms with E-state index in [9.17, 15) is 0 Å². The van der Waals surface area contributed by atoms with E-state index in [2.05, 4.69) is 142 Å². The van der Waals surface area contributed by atoms with Crippen LogP contribution < -0.4 is 0 Å². The molecule has 0 amide bonds. The molecule has 0 aromatic heterocycles. The van der Waals surface area contributed by atoms with E-state index in [4.69, 9.17) is 0 Å². The van der Waals surface area contributed by atoms with E-state index in [1.54, 1.807) is 0 Å². The third-order valence-electron chi connectivity index (χ3n) is 5.40. The van der Waals surface area contributed by atoms with Gasteiger partial charge in [-0.3, -0.25) is 0 Å². The molecule has 4 aromatic carbocycles. The summed E-state index contributed by atoms with van der Waals surface area (Å²) in [6, 6.07) is 38.4. The van der Waals surface area contributed by atoms with Crippen molar-refractivity contribution in [2.45, 2.75) is 17.1 Å². The van der Waals surface area contributed by atoms with Crippen LogP contribution in [0.5, 0.6) is 0 Å². The zero-order chi connectivity index (χ0) is 20.6. The molecule has 145 valence electrons. The van der Waals surface area contributed by atoms with Gasteiger partial charge in [0.2, 0.25) is 0 Å². The smallest absolute Gasteiger partial charge is 0.0238 e. The van der Waals surface area contributed by atoms with Crippen molar-refractivity contribution in [1.82, 2.24) is 0 Å². The van der Waals surface area contributed by atoms with Crippen LogP contribution in [-0.2, 0) is 33.3 Å². The molecule has 1 aliphatic carbocycles. The minimum absolute atomic E-state index is 0.554. The average Bonchev–Trinajstić information content (AvgIpc) is 3.21. The van der Waals surface area contributed by atoms with Gasteiger partial charge in [-0.05, 0) is 24.0 Å². The van der Waals surface area contributed by atoms with Gasteiger partial charge in [-0.1, -0.05) is 60.7 Å². The van der Waals surface area contributed by atoms with E-state index in [1.807, 2.05) is 0 Å². The summed E-state index contributed by atoms with van der Waals surface area (Å²) in [5.41, 5.74) is 8.31. The maximum absolute atomic E-state index is 2.27. The van der Waals surface area contributed by atoms with Gasteiger partial charge in [0, 0.05) is 0 Å². The number of rotatable bonds is 4. The summed E-state index contributed by atoms with van der Waals surface area (Å²) in [7, 11) is 0. The second-order valence-corrected chi connectivity index (χ2v) is 8.45. The Bertz CT molecular complexity index is 1040. The summed E-state index contributed by atoms with van der Waals surface area (Å²) in [6.45, 7) is 0. The van der Waals surface area contributed by atoms with Crippen molar-refractivity contribution in [2.24, 2.45) is 0 Å². The van der Waals surface area contributed by atoms with Gasteiger partial charge in [-0.2, -0.15) is 0 Å². The zero-order valence-electron chi connectivity index (χ0n) is 17.0. The SMILES string of the molecule is [Ti][CH]1C=Cc2c(-c3ccccc3)cccc21.c1ccc(CCc2ccccc2)cc1. The maximum atomic E-state index is 2.27. The molecule has 0 aliphatic heterocycles. The molecule has 1 aliphatic rings. The Morgan fingerprint density at radius 2 is 1.10 bits per heavy atom. The fraction of sp³-hybridized carbons (Fsp3) is 0.103. The van der Waals surface area contributed by atoms with Gasteiger partial charge < -0.3 is 0 Å². The van der Waals surface area contributed by atoms with Crippen molar-refractivity contribution < 1.29 is 20.4 Å². The summed E-state index contributed by atoms with van der Waals surface area (Å²) in [5, 5.41) is 0. The first kappa shape index (κ1) is 20.6. The van der Waals surface area contributed by atoms with E-state index in [-0.39, 0.29) is 0 Å². The molecule has 1 atom stereocenters. The molecule has 0 bridgehead atoms. The van der Waals surface area contributed by atoms with E-state index in [1.165, 1.54) is 33.4 Å². The molecule has 0 fully saturated rings. The molecular weight excluding hydrogens is 396 g/mol. The number of aryl methyl sites for hydroxylation is 2. The average molecular weight is 421 g/mol. The van der Waals surface area contributed by atoms with Gasteiger partial charge in [0.05, 0.1) is 0 Å². The van der Waals surface area contributed by atoms with Crippen molar-refractivity contribution in [1.29, 1.82) is 0 Å². The van der Waals surface area contributed by atoms with E-state index in [0.29, 0.717) is 4.22 Å². The molecule has 1 unspecified atom stereocenters. The summed E-state index contributed by atoms with van der Waals surface area (Å²) in [6.07, 6.45) is 6.79. The summed E-state index contributed by atoms with van der Waals surface area (Å²) >= 11 is 2.25. The second kappa shape index (κ2) is 10.4. The third kappa shape index (κ3) is 5.27. The van der Waals surface area contributed by atoms with Crippen molar-refractivity contribution in [3.63, 3.8) is 0 Å². The van der Waals surface area contributed by atoms with Crippen LogP contribution in [-0.4, -0.2) is 0 Å². The predicted molar refractivity (Wildman–Crippen MR) is 124 cm³/mol. The fourth-order valence-electron chi connectivity index (χ4n) is 3.78. The second-order valence-electron chi connectivity index (χ2n) is 7.48. The molecule has 0 nitrogen and oxygen atoms in total. The van der Waals surface area contributed by atoms with Crippen LogP contribution in [0.3, 0.4) is 0 Å². The fourth-order valence-corrected chi connectivity index (χ4v) is 4.33. The van der Waals surface area contributed by atoms with E-state index >= 15 is 0 Å².